The molecule has 0 aliphatic rings. The Morgan fingerprint density at radius 3 is 2.29 bits per heavy atom. The number of anilines is 1. The van der Waals surface area contributed by atoms with Crippen LogP contribution in [0.25, 0.3) is 0 Å². The van der Waals surface area contributed by atoms with Crippen molar-refractivity contribution in [1.29, 1.82) is 0 Å². The van der Waals surface area contributed by atoms with Crippen LogP contribution in [0.1, 0.15) is 31.7 Å². The molecule has 1 rings (SSSR count). The molecular weight excluding hydrogens is 285 g/mol. The zero-order valence-corrected chi connectivity index (χ0v) is 11.6. The number of halogens is 3. The van der Waals surface area contributed by atoms with Crippen LogP contribution < -0.4 is 10.6 Å². The molecule has 0 aliphatic carbocycles. The van der Waals surface area contributed by atoms with Crippen LogP contribution in [0.15, 0.2) is 24.3 Å². The normalized spacial score (nSPS) is 11.0. The van der Waals surface area contributed by atoms with Gasteiger partial charge in [0.25, 0.3) is 0 Å². The van der Waals surface area contributed by atoms with E-state index < -0.39 is 12.1 Å². The number of carbonyl (C=O) groups excluding carboxylic acids is 2. The first-order chi connectivity index (χ1) is 9.82. The summed E-state index contributed by atoms with van der Waals surface area (Å²) in [6, 6.07) is 5.81. The lowest BCUT2D eigenvalue weighted by Crippen LogP contribution is -2.29. The maximum atomic E-state index is 12.1. The summed E-state index contributed by atoms with van der Waals surface area (Å²) >= 11 is 0. The highest BCUT2D eigenvalue weighted by molar-refractivity contribution is 5.94. The molecule has 2 N–H and O–H groups in total. The second kappa shape index (κ2) is 7.66. The number of hydrogen-bond acceptors (Lipinski definition) is 2. The Balaban J connectivity index is 2.47. The Kier molecular flexibility index (Phi) is 6.20. The molecule has 0 aliphatic heterocycles. The maximum Gasteiger partial charge on any atom is 0.471 e. The largest absolute Gasteiger partial charge is 0.471 e. The fourth-order valence-corrected chi connectivity index (χ4v) is 1.53. The number of hydrogen-bond donors (Lipinski definition) is 2. The molecule has 7 heteroatoms. The number of rotatable bonds is 6. The molecule has 0 radical (unpaired) electrons. The maximum absolute atomic E-state index is 12.1. The van der Waals surface area contributed by atoms with Gasteiger partial charge in [-0.15, -0.1) is 0 Å². The molecule has 4 nitrogen and oxygen atoms in total. The molecule has 0 fully saturated rings. The van der Waals surface area contributed by atoms with E-state index in [1.165, 1.54) is 12.1 Å². The zero-order chi connectivity index (χ0) is 15.9. The van der Waals surface area contributed by atoms with Gasteiger partial charge >= 0.3 is 12.1 Å². The summed E-state index contributed by atoms with van der Waals surface area (Å²) in [5.74, 6) is -2.07. The molecule has 0 spiro atoms. The number of unbranched alkanes of at least 4 members (excludes halogenated alkanes) is 1. The monoisotopic (exact) mass is 302 g/mol. The van der Waals surface area contributed by atoms with Gasteiger partial charge in [0.15, 0.2) is 0 Å². The Morgan fingerprint density at radius 2 is 1.76 bits per heavy atom. The number of amides is 2. The molecule has 0 aromatic heterocycles. The second-order valence-electron chi connectivity index (χ2n) is 4.53. The van der Waals surface area contributed by atoms with Gasteiger partial charge in [-0.1, -0.05) is 25.5 Å². The summed E-state index contributed by atoms with van der Waals surface area (Å²) in [7, 11) is 0. The van der Waals surface area contributed by atoms with E-state index in [0.717, 1.165) is 18.4 Å². The Bertz CT molecular complexity index is 484. The molecule has 0 bridgehead atoms. The Morgan fingerprint density at radius 1 is 1.14 bits per heavy atom. The van der Waals surface area contributed by atoms with E-state index in [0.29, 0.717) is 13.0 Å². The molecule has 1 aromatic carbocycles. The fraction of sp³-hybridized carbons (Fsp3) is 0.429. The Labute approximate surface area is 120 Å². The SMILES string of the molecule is CCCCC(=O)NCc1ccc(NC(=O)C(F)(F)F)cc1. The van der Waals surface area contributed by atoms with Gasteiger partial charge < -0.3 is 10.6 Å². The van der Waals surface area contributed by atoms with Crippen LogP contribution in [0.3, 0.4) is 0 Å². The molecule has 0 atom stereocenters. The van der Waals surface area contributed by atoms with Gasteiger partial charge in [-0.25, -0.2) is 0 Å². The van der Waals surface area contributed by atoms with Crippen molar-refractivity contribution in [1.82, 2.24) is 5.32 Å². The molecule has 1 aromatic rings. The van der Waals surface area contributed by atoms with Gasteiger partial charge in [0.1, 0.15) is 0 Å². The summed E-state index contributed by atoms with van der Waals surface area (Å²) in [6.07, 6.45) is -2.71. The quantitative estimate of drug-likeness (QED) is 0.848. The lowest BCUT2D eigenvalue weighted by Gasteiger charge is -2.09. The van der Waals surface area contributed by atoms with Gasteiger partial charge in [-0.2, -0.15) is 13.2 Å². The zero-order valence-electron chi connectivity index (χ0n) is 11.6. The van der Waals surface area contributed by atoms with Crippen molar-refractivity contribution in [3.63, 3.8) is 0 Å². The summed E-state index contributed by atoms with van der Waals surface area (Å²) in [4.78, 5) is 22.1. The lowest BCUT2D eigenvalue weighted by atomic mass is 10.2. The van der Waals surface area contributed by atoms with E-state index in [1.807, 2.05) is 6.92 Å². The number of benzene rings is 1. The molecule has 2 amide bonds. The molecule has 0 heterocycles. The van der Waals surface area contributed by atoms with Crippen molar-refractivity contribution in [3.05, 3.63) is 29.8 Å². The third kappa shape index (κ3) is 6.29. The Hall–Kier alpha value is -2.05. The van der Waals surface area contributed by atoms with Crippen LogP contribution in [0.4, 0.5) is 18.9 Å². The highest BCUT2D eigenvalue weighted by Crippen LogP contribution is 2.18. The summed E-state index contributed by atoms with van der Waals surface area (Å²) in [5, 5.41) is 4.46. The van der Waals surface area contributed by atoms with Crippen LogP contribution in [-0.2, 0) is 16.1 Å². The van der Waals surface area contributed by atoms with Gasteiger partial charge in [0, 0.05) is 18.7 Å². The van der Waals surface area contributed by atoms with Crippen molar-refractivity contribution in [2.75, 3.05) is 5.32 Å². The topological polar surface area (TPSA) is 58.2 Å². The third-order valence-corrected chi connectivity index (χ3v) is 2.72. The first kappa shape index (κ1) is 17.0. The van der Waals surface area contributed by atoms with E-state index in [2.05, 4.69) is 5.32 Å². The third-order valence-electron chi connectivity index (χ3n) is 2.72. The smallest absolute Gasteiger partial charge is 0.352 e. The predicted octanol–water partition coefficient (Wildman–Crippen LogP) is 2.99. The molecular formula is C14H17F3N2O2. The van der Waals surface area contributed by atoms with Gasteiger partial charge in [-0.3, -0.25) is 9.59 Å². The summed E-state index contributed by atoms with van der Waals surface area (Å²) in [6.45, 7) is 2.29. The molecule has 21 heavy (non-hydrogen) atoms. The average Bonchev–Trinajstić information content (AvgIpc) is 2.43. The van der Waals surface area contributed by atoms with Crippen molar-refractivity contribution >= 4 is 17.5 Å². The first-order valence-electron chi connectivity index (χ1n) is 6.56. The van der Waals surface area contributed by atoms with E-state index >= 15 is 0 Å². The highest BCUT2D eigenvalue weighted by atomic mass is 19.4. The number of alkyl halides is 3. The van der Waals surface area contributed by atoms with Crippen molar-refractivity contribution in [2.24, 2.45) is 0 Å². The minimum atomic E-state index is -4.91. The fourth-order valence-electron chi connectivity index (χ4n) is 1.53. The second-order valence-corrected chi connectivity index (χ2v) is 4.53. The minimum Gasteiger partial charge on any atom is -0.352 e. The molecule has 0 saturated heterocycles. The van der Waals surface area contributed by atoms with E-state index in [1.54, 1.807) is 17.4 Å². The van der Waals surface area contributed by atoms with Crippen molar-refractivity contribution in [2.45, 2.75) is 38.9 Å². The summed E-state index contributed by atoms with van der Waals surface area (Å²) in [5.41, 5.74) is 0.795. The van der Waals surface area contributed by atoms with E-state index in [9.17, 15) is 22.8 Å². The van der Waals surface area contributed by atoms with Crippen molar-refractivity contribution in [3.8, 4) is 0 Å². The first-order valence-corrected chi connectivity index (χ1v) is 6.56. The lowest BCUT2D eigenvalue weighted by molar-refractivity contribution is -0.167. The van der Waals surface area contributed by atoms with Crippen LogP contribution in [0.5, 0.6) is 0 Å². The highest BCUT2D eigenvalue weighted by Gasteiger charge is 2.38. The predicted molar refractivity (Wildman–Crippen MR) is 72.5 cm³/mol. The van der Waals surface area contributed by atoms with Gasteiger partial charge in [-0.05, 0) is 24.1 Å². The standard InChI is InChI=1S/C14H17F3N2O2/c1-2-3-4-12(20)18-9-10-5-7-11(8-6-10)19-13(21)14(15,16)17/h5-8H,2-4,9H2,1H3,(H,18,20)(H,19,21). The van der Waals surface area contributed by atoms with E-state index in [4.69, 9.17) is 0 Å². The molecule has 0 unspecified atom stereocenters. The number of nitrogens with one attached hydrogen (secondary N) is 2. The van der Waals surface area contributed by atoms with Crippen LogP contribution in [-0.4, -0.2) is 18.0 Å². The summed E-state index contributed by atoms with van der Waals surface area (Å²) < 4.78 is 36.2. The van der Waals surface area contributed by atoms with Crippen LogP contribution in [0.2, 0.25) is 0 Å². The van der Waals surface area contributed by atoms with Crippen LogP contribution >= 0.6 is 0 Å². The van der Waals surface area contributed by atoms with Gasteiger partial charge in [0.2, 0.25) is 5.91 Å². The van der Waals surface area contributed by atoms with Crippen LogP contribution in [0, 0.1) is 0 Å². The minimum absolute atomic E-state index is 0.0541. The molecule has 116 valence electrons. The van der Waals surface area contributed by atoms with E-state index in [-0.39, 0.29) is 11.6 Å². The number of carbonyl (C=O) groups is 2. The average molecular weight is 302 g/mol. The van der Waals surface area contributed by atoms with Gasteiger partial charge in [0.05, 0.1) is 0 Å². The van der Waals surface area contributed by atoms with Crippen molar-refractivity contribution < 1.29 is 22.8 Å². The molecule has 0 saturated carbocycles.